The number of benzene rings is 1. The first-order valence-electron chi connectivity index (χ1n) is 7.15. The van der Waals surface area contributed by atoms with Gasteiger partial charge in [0.05, 0.1) is 12.2 Å². The quantitative estimate of drug-likeness (QED) is 0.687. The molecule has 106 valence electrons. The number of aryl methyl sites for hydroxylation is 4. The van der Waals surface area contributed by atoms with Crippen LogP contribution in [0.2, 0.25) is 0 Å². The molecule has 0 fully saturated rings. The van der Waals surface area contributed by atoms with Crippen LogP contribution in [-0.4, -0.2) is 19.7 Å². The van der Waals surface area contributed by atoms with Crippen LogP contribution in [0.5, 0.6) is 0 Å². The van der Waals surface area contributed by atoms with Crippen LogP contribution in [0.4, 0.5) is 0 Å². The van der Waals surface area contributed by atoms with Gasteiger partial charge in [-0.25, -0.2) is 4.98 Å². The molecule has 1 aliphatic rings. The maximum Gasteiger partial charge on any atom is 0.202 e. The highest BCUT2D eigenvalue weighted by Crippen LogP contribution is 2.27. The van der Waals surface area contributed by atoms with E-state index in [-0.39, 0.29) is 0 Å². The summed E-state index contributed by atoms with van der Waals surface area (Å²) in [4.78, 5) is 4.34. The van der Waals surface area contributed by atoms with Crippen LogP contribution in [-0.2, 0) is 19.4 Å². The molecule has 3 heterocycles. The van der Waals surface area contributed by atoms with Gasteiger partial charge in [-0.05, 0) is 24.5 Å². The highest BCUT2D eigenvalue weighted by atomic mass is 16.4. The second kappa shape index (κ2) is 4.55. The minimum Gasteiger partial charge on any atom is -0.437 e. The number of oxazole rings is 1. The van der Waals surface area contributed by atoms with E-state index in [1.165, 1.54) is 11.1 Å². The number of rotatable bonds is 1. The Labute approximate surface area is 122 Å². The lowest BCUT2D eigenvalue weighted by atomic mass is 10.0. The average molecular weight is 280 g/mol. The van der Waals surface area contributed by atoms with Crippen molar-refractivity contribution in [1.29, 1.82) is 0 Å². The van der Waals surface area contributed by atoms with Gasteiger partial charge in [0.25, 0.3) is 0 Å². The third-order valence-corrected chi connectivity index (χ3v) is 4.00. The molecule has 0 amide bonds. The van der Waals surface area contributed by atoms with Gasteiger partial charge in [-0.1, -0.05) is 24.3 Å². The van der Waals surface area contributed by atoms with Crippen molar-refractivity contribution in [2.75, 3.05) is 0 Å². The second-order valence-electron chi connectivity index (χ2n) is 5.44. The lowest BCUT2D eigenvalue weighted by molar-refractivity contribution is 0.526. The number of hydrogen-bond donors (Lipinski definition) is 0. The SMILES string of the molecule is Cc1nc(C)c(-c2nnc3n2Cc2ccccc2CC3)o1. The molecular formula is C16H16N4O. The Kier molecular flexibility index (Phi) is 2.67. The van der Waals surface area contributed by atoms with E-state index in [0.717, 1.165) is 42.5 Å². The van der Waals surface area contributed by atoms with Crippen LogP contribution < -0.4 is 0 Å². The standard InChI is InChI=1S/C16H16N4O/c1-10-15(21-11(2)17-10)16-19-18-14-8-7-12-5-3-4-6-13(12)9-20(14)16/h3-6H,7-9H2,1-2H3. The molecule has 0 saturated heterocycles. The molecule has 0 bridgehead atoms. The first-order valence-corrected chi connectivity index (χ1v) is 7.15. The molecule has 1 aliphatic heterocycles. The van der Waals surface area contributed by atoms with Crippen molar-refractivity contribution in [2.45, 2.75) is 33.2 Å². The predicted octanol–water partition coefficient (Wildman–Crippen LogP) is 2.70. The van der Waals surface area contributed by atoms with Gasteiger partial charge < -0.3 is 8.98 Å². The molecule has 0 radical (unpaired) electrons. The largest absolute Gasteiger partial charge is 0.437 e. The van der Waals surface area contributed by atoms with E-state index < -0.39 is 0 Å². The molecule has 0 N–H and O–H groups in total. The van der Waals surface area contributed by atoms with Crippen molar-refractivity contribution in [1.82, 2.24) is 19.7 Å². The van der Waals surface area contributed by atoms with E-state index in [1.807, 2.05) is 13.8 Å². The molecule has 3 aromatic rings. The van der Waals surface area contributed by atoms with Gasteiger partial charge in [-0.15, -0.1) is 10.2 Å². The normalized spacial score (nSPS) is 13.6. The molecule has 21 heavy (non-hydrogen) atoms. The van der Waals surface area contributed by atoms with Gasteiger partial charge in [0.15, 0.2) is 11.7 Å². The summed E-state index contributed by atoms with van der Waals surface area (Å²) in [5.41, 5.74) is 3.57. The van der Waals surface area contributed by atoms with Crippen molar-refractivity contribution >= 4 is 0 Å². The van der Waals surface area contributed by atoms with Crippen molar-refractivity contribution in [3.63, 3.8) is 0 Å². The number of nitrogens with zero attached hydrogens (tertiary/aromatic N) is 4. The predicted molar refractivity (Wildman–Crippen MR) is 77.9 cm³/mol. The summed E-state index contributed by atoms with van der Waals surface area (Å²) < 4.78 is 7.87. The number of fused-ring (bicyclic) bond motifs is 2. The van der Waals surface area contributed by atoms with Crippen LogP contribution in [0, 0.1) is 13.8 Å². The maximum absolute atomic E-state index is 5.72. The average Bonchev–Trinajstić information content (AvgIpc) is 2.95. The summed E-state index contributed by atoms with van der Waals surface area (Å²) in [6.07, 6.45) is 1.90. The Bertz CT molecular complexity index is 816. The zero-order valence-electron chi connectivity index (χ0n) is 12.1. The topological polar surface area (TPSA) is 56.7 Å². The fraction of sp³-hybridized carbons (Fsp3) is 0.312. The smallest absolute Gasteiger partial charge is 0.202 e. The molecule has 1 aromatic carbocycles. The van der Waals surface area contributed by atoms with E-state index in [4.69, 9.17) is 4.42 Å². The molecule has 0 aliphatic carbocycles. The highest BCUT2D eigenvalue weighted by molar-refractivity contribution is 5.51. The molecule has 0 unspecified atom stereocenters. The van der Waals surface area contributed by atoms with Crippen molar-refractivity contribution in [3.8, 4) is 11.6 Å². The van der Waals surface area contributed by atoms with Gasteiger partial charge >= 0.3 is 0 Å². The van der Waals surface area contributed by atoms with E-state index in [9.17, 15) is 0 Å². The van der Waals surface area contributed by atoms with Crippen LogP contribution in [0.3, 0.4) is 0 Å². The lowest BCUT2D eigenvalue weighted by Gasteiger charge is -2.08. The first-order chi connectivity index (χ1) is 10.2. The van der Waals surface area contributed by atoms with E-state index in [2.05, 4.69) is 44.0 Å². The fourth-order valence-corrected chi connectivity index (χ4v) is 2.97. The molecule has 0 spiro atoms. The minimum atomic E-state index is 0.661. The fourth-order valence-electron chi connectivity index (χ4n) is 2.97. The monoisotopic (exact) mass is 280 g/mol. The van der Waals surface area contributed by atoms with Gasteiger partial charge in [-0.3, -0.25) is 0 Å². The van der Waals surface area contributed by atoms with Crippen molar-refractivity contribution in [2.24, 2.45) is 0 Å². The zero-order chi connectivity index (χ0) is 14.4. The third kappa shape index (κ3) is 1.96. The zero-order valence-corrected chi connectivity index (χ0v) is 12.1. The molecule has 5 heteroatoms. The first kappa shape index (κ1) is 12.3. The summed E-state index contributed by atoms with van der Waals surface area (Å²) >= 11 is 0. The third-order valence-electron chi connectivity index (χ3n) is 4.00. The van der Waals surface area contributed by atoms with Gasteiger partial charge in [0, 0.05) is 13.3 Å². The summed E-state index contributed by atoms with van der Waals surface area (Å²) in [5.74, 6) is 3.17. The second-order valence-corrected chi connectivity index (χ2v) is 5.44. The van der Waals surface area contributed by atoms with Crippen LogP contribution in [0.25, 0.3) is 11.6 Å². The highest BCUT2D eigenvalue weighted by Gasteiger charge is 2.22. The van der Waals surface area contributed by atoms with Gasteiger partial charge in [0.1, 0.15) is 5.82 Å². The lowest BCUT2D eigenvalue weighted by Crippen LogP contribution is -2.05. The van der Waals surface area contributed by atoms with Crippen LogP contribution in [0.1, 0.15) is 28.5 Å². The van der Waals surface area contributed by atoms with Gasteiger partial charge in [0.2, 0.25) is 5.82 Å². The van der Waals surface area contributed by atoms with E-state index in [1.54, 1.807) is 0 Å². The van der Waals surface area contributed by atoms with Gasteiger partial charge in [-0.2, -0.15) is 0 Å². The van der Waals surface area contributed by atoms with Crippen molar-refractivity contribution in [3.05, 3.63) is 52.8 Å². The van der Waals surface area contributed by atoms with E-state index >= 15 is 0 Å². The molecular weight excluding hydrogens is 264 g/mol. The Hall–Kier alpha value is -2.43. The molecule has 2 aromatic heterocycles. The summed E-state index contributed by atoms with van der Waals surface area (Å²) in [5, 5.41) is 8.69. The minimum absolute atomic E-state index is 0.661. The van der Waals surface area contributed by atoms with Crippen molar-refractivity contribution < 1.29 is 4.42 Å². The van der Waals surface area contributed by atoms with Crippen LogP contribution in [0.15, 0.2) is 28.7 Å². The molecule has 0 atom stereocenters. The Morgan fingerprint density at radius 1 is 1.05 bits per heavy atom. The molecule has 0 saturated carbocycles. The summed E-state index contributed by atoms with van der Waals surface area (Å²) in [7, 11) is 0. The molecule has 4 rings (SSSR count). The Morgan fingerprint density at radius 2 is 1.86 bits per heavy atom. The summed E-state index contributed by atoms with van der Waals surface area (Å²) in [6.45, 7) is 4.58. The van der Waals surface area contributed by atoms with Crippen LogP contribution >= 0.6 is 0 Å². The van der Waals surface area contributed by atoms with E-state index in [0.29, 0.717) is 5.89 Å². The number of hydrogen-bond acceptors (Lipinski definition) is 4. The summed E-state index contributed by atoms with van der Waals surface area (Å²) in [6, 6.07) is 8.54. The Morgan fingerprint density at radius 3 is 2.62 bits per heavy atom. The number of aromatic nitrogens is 4. The molecule has 5 nitrogen and oxygen atoms in total. The Balaban J connectivity index is 1.85. The maximum atomic E-state index is 5.72.